The summed E-state index contributed by atoms with van der Waals surface area (Å²) in [5, 5.41) is 9.96. The SMILES string of the molecule is Cc1cccc(-c2nc3cccnc3o2)c1O. The third-order valence-corrected chi connectivity index (χ3v) is 2.63. The van der Waals surface area contributed by atoms with Crippen LogP contribution in [0.5, 0.6) is 5.75 Å². The molecule has 0 aliphatic carbocycles. The molecule has 0 radical (unpaired) electrons. The minimum atomic E-state index is 0.194. The lowest BCUT2D eigenvalue weighted by molar-refractivity contribution is 0.470. The van der Waals surface area contributed by atoms with Gasteiger partial charge in [0.15, 0.2) is 0 Å². The van der Waals surface area contributed by atoms with Crippen molar-refractivity contribution in [1.82, 2.24) is 9.97 Å². The molecule has 0 saturated heterocycles. The van der Waals surface area contributed by atoms with Gasteiger partial charge in [0.1, 0.15) is 11.3 Å². The fraction of sp³-hybridized carbons (Fsp3) is 0.0769. The Kier molecular flexibility index (Phi) is 2.08. The van der Waals surface area contributed by atoms with Gasteiger partial charge in [0.05, 0.1) is 5.56 Å². The lowest BCUT2D eigenvalue weighted by Gasteiger charge is -2.02. The van der Waals surface area contributed by atoms with Crippen LogP contribution in [-0.2, 0) is 0 Å². The van der Waals surface area contributed by atoms with Gasteiger partial charge in [0.2, 0.25) is 11.6 Å². The third kappa shape index (κ3) is 1.54. The van der Waals surface area contributed by atoms with Crippen molar-refractivity contribution in [3.63, 3.8) is 0 Å². The number of rotatable bonds is 1. The summed E-state index contributed by atoms with van der Waals surface area (Å²) in [6, 6.07) is 9.08. The van der Waals surface area contributed by atoms with E-state index in [1.54, 1.807) is 18.3 Å². The van der Waals surface area contributed by atoms with Crippen LogP contribution < -0.4 is 0 Å². The van der Waals surface area contributed by atoms with Gasteiger partial charge in [-0.1, -0.05) is 12.1 Å². The lowest BCUT2D eigenvalue weighted by Crippen LogP contribution is -1.81. The van der Waals surface area contributed by atoms with Crippen molar-refractivity contribution in [3.05, 3.63) is 42.1 Å². The van der Waals surface area contributed by atoms with Crippen LogP contribution in [0.2, 0.25) is 0 Å². The second-order valence-corrected chi connectivity index (χ2v) is 3.82. The second kappa shape index (κ2) is 3.59. The van der Waals surface area contributed by atoms with E-state index in [4.69, 9.17) is 4.42 Å². The molecule has 0 atom stereocenters. The maximum Gasteiger partial charge on any atom is 0.247 e. The molecule has 2 aromatic heterocycles. The number of aromatic hydroxyl groups is 1. The second-order valence-electron chi connectivity index (χ2n) is 3.82. The Morgan fingerprint density at radius 3 is 2.88 bits per heavy atom. The first kappa shape index (κ1) is 9.84. The summed E-state index contributed by atoms with van der Waals surface area (Å²) < 4.78 is 5.51. The minimum Gasteiger partial charge on any atom is -0.507 e. The molecule has 1 N–H and O–H groups in total. The maximum atomic E-state index is 9.96. The Labute approximate surface area is 97.6 Å². The molecule has 3 rings (SSSR count). The van der Waals surface area contributed by atoms with Crippen molar-refractivity contribution in [3.8, 4) is 17.2 Å². The number of pyridine rings is 1. The van der Waals surface area contributed by atoms with Crippen LogP contribution in [0.25, 0.3) is 22.7 Å². The molecule has 0 aliphatic rings. The van der Waals surface area contributed by atoms with Crippen LogP contribution in [0, 0.1) is 6.92 Å². The Morgan fingerprint density at radius 1 is 1.18 bits per heavy atom. The Bertz CT molecular complexity index is 656. The van der Waals surface area contributed by atoms with E-state index in [0.29, 0.717) is 22.7 Å². The number of fused-ring (bicyclic) bond motifs is 1. The summed E-state index contributed by atoms with van der Waals surface area (Å²) in [6.45, 7) is 1.83. The number of oxazole rings is 1. The van der Waals surface area contributed by atoms with E-state index in [0.717, 1.165) is 5.56 Å². The van der Waals surface area contributed by atoms with Crippen molar-refractivity contribution >= 4 is 11.2 Å². The number of hydrogen-bond donors (Lipinski definition) is 1. The van der Waals surface area contributed by atoms with E-state index in [-0.39, 0.29) is 5.75 Å². The summed E-state index contributed by atoms with van der Waals surface area (Å²) >= 11 is 0. The monoisotopic (exact) mass is 226 g/mol. The summed E-state index contributed by atoms with van der Waals surface area (Å²) in [4.78, 5) is 8.36. The van der Waals surface area contributed by atoms with Gasteiger partial charge in [-0.3, -0.25) is 0 Å². The standard InChI is InChI=1S/C13H10N2O2/c1-8-4-2-5-9(11(8)16)12-15-10-6-3-7-14-13(10)17-12/h2-7,16H,1H3. The number of para-hydroxylation sites is 1. The molecule has 0 spiro atoms. The molecule has 17 heavy (non-hydrogen) atoms. The summed E-state index contributed by atoms with van der Waals surface area (Å²) in [7, 11) is 0. The molecule has 84 valence electrons. The summed E-state index contributed by atoms with van der Waals surface area (Å²) in [5.74, 6) is 0.582. The molecule has 0 saturated carbocycles. The van der Waals surface area contributed by atoms with E-state index in [9.17, 15) is 5.11 Å². The quantitative estimate of drug-likeness (QED) is 0.693. The number of benzene rings is 1. The highest BCUT2D eigenvalue weighted by atomic mass is 16.4. The molecule has 1 aromatic carbocycles. The van der Waals surface area contributed by atoms with E-state index in [1.165, 1.54) is 0 Å². The first-order chi connectivity index (χ1) is 8.25. The molecular formula is C13H10N2O2. The topological polar surface area (TPSA) is 59.2 Å². The molecule has 0 bridgehead atoms. The van der Waals surface area contributed by atoms with Gasteiger partial charge in [-0.25, -0.2) is 9.97 Å². The van der Waals surface area contributed by atoms with Crippen LogP contribution in [0.4, 0.5) is 0 Å². The van der Waals surface area contributed by atoms with E-state index < -0.39 is 0 Å². The number of nitrogens with zero attached hydrogens (tertiary/aromatic N) is 2. The van der Waals surface area contributed by atoms with E-state index in [2.05, 4.69) is 9.97 Å². The average Bonchev–Trinajstić information content (AvgIpc) is 2.76. The van der Waals surface area contributed by atoms with Gasteiger partial charge in [-0.05, 0) is 30.7 Å². The van der Waals surface area contributed by atoms with E-state index in [1.807, 2.05) is 25.1 Å². The van der Waals surface area contributed by atoms with Crippen molar-refractivity contribution in [2.24, 2.45) is 0 Å². The highest BCUT2D eigenvalue weighted by Gasteiger charge is 2.13. The number of hydrogen-bond acceptors (Lipinski definition) is 4. The molecule has 0 fully saturated rings. The van der Waals surface area contributed by atoms with Crippen LogP contribution in [0.3, 0.4) is 0 Å². The Morgan fingerprint density at radius 2 is 2.06 bits per heavy atom. The predicted octanol–water partition coefficient (Wildman–Crippen LogP) is 2.90. The Balaban J connectivity index is 2.24. The van der Waals surface area contributed by atoms with E-state index >= 15 is 0 Å². The minimum absolute atomic E-state index is 0.194. The number of aromatic nitrogens is 2. The lowest BCUT2D eigenvalue weighted by atomic mass is 10.1. The molecule has 3 aromatic rings. The third-order valence-electron chi connectivity index (χ3n) is 2.63. The fourth-order valence-corrected chi connectivity index (χ4v) is 1.72. The molecule has 4 nitrogen and oxygen atoms in total. The van der Waals surface area contributed by atoms with Gasteiger partial charge in [-0.15, -0.1) is 0 Å². The van der Waals surface area contributed by atoms with Crippen molar-refractivity contribution in [2.75, 3.05) is 0 Å². The van der Waals surface area contributed by atoms with Crippen molar-refractivity contribution < 1.29 is 9.52 Å². The number of phenolic OH excluding ortho intramolecular Hbond substituents is 1. The molecular weight excluding hydrogens is 216 g/mol. The zero-order valence-electron chi connectivity index (χ0n) is 9.21. The predicted molar refractivity (Wildman–Crippen MR) is 63.6 cm³/mol. The van der Waals surface area contributed by atoms with Crippen LogP contribution >= 0.6 is 0 Å². The first-order valence-electron chi connectivity index (χ1n) is 5.26. The number of phenols is 1. The maximum absolute atomic E-state index is 9.96. The Hall–Kier alpha value is -2.36. The zero-order valence-corrected chi connectivity index (χ0v) is 9.21. The largest absolute Gasteiger partial charge is 0.507 e. The smallest absolute Gasteiger partial charge is 0.247 e. The first-order valence-corrected chi connectivity index (χ1v) is 5.26. The zero-order chi connectivity index (χ0) is 11.8. The van der Waals surface area contributed by atoms with Gasteiger partial charge in [0, 0.05) is 6.20 Å². The summed E-state index contributed by atoms with van der Waals surface area (Å²) in [6.07, 6.45) is 1.65. The van der Waals surface area contributed by atoms with Gasteiger partial charge in [0.25, 0.3) is 0 Å². The molecule has 4 heteroatoms. The average molecular weight is 226 g/mol. The molecule has 0 amide bonds. The number of aryl methyl sites for hydroxylation is 1. The van der Waals surface area contributed by atoms with Crippen molar-refractivity contribution in [2.45, 2.75) is 6.92 Å². The van der Waals surface area contributed by atoms with Crippen LogP contribution in [0.15, 0.2) is 40.9 Å². The molecule has 2 heterocycles. The molecule has 0 unspecified atom stereocenters. The van der Waals surface area contributed by atoms with Gasteiger partial charge < -0.3 is 9.52 Å². The normalized spacial score (nSPS) is 10.9. The van der Waals surface area contributed by atoms with Crippen LogP contribution in [0.1, 0.15) is 5.56 Å². The molecule has 0 aliphatic heterocycles. The summed E-state index contributed by atoms with van der Waals surface area (Å²) in [5.41, 5.74) is 2.53. The fourth-order valence-electron chi connectivity index (χ4n) is 1.72. The van der Waals surface area contributed by atoms with Crippen LogP contribution in [-0.4, -0.2) is 15.1 Å². The van der Waals surface area contributed by atoms with Crippen molar-refractivity contribution in [1.29, 1.82) is 0 Å². The van der Waals surface area contributed by atoms with Gasteiger partial charge >= 0.3 is 0 Å². The highest BCUT2D eigenvalue weighted by molar-refractivity contribution is 5.74. The van der Waals surface area contributed by atoms with Gasteiger partial charge in [-0.2, -0.15) is 0 Å². The highest BCUT2D eigenvalue weighted by Crippen LogP contribution is 2.32.